The van der Waals surface area contributed by atoms with Crippen LogP contribution in [0.15, 0.2) is 12.3 Å². The van der Waals surface area contributed by atoms with Gasteiger partial charge in [0.2, 0.25) is 0 Å². The molecule has 6 heterocycles. The summed E-state index contributed by atoms with van der Waals surface area (Å²) >= 11 is 0. The topological polar surface area (TPSA) is 105 Å². The number of nitrogens with one attached hydrogen (secondary N) is 1. The van der Waals surface area contributed by atoms with Gasteiger partial charge < -0.3 is 20.7 Å². The summed E-state index contributed by atoms with van der Waals surface area (Å²) in [7, 11) is 0. The zero-order valence-electron chi connectivity index (χ0n) is 24.4. The number of hydrogen-bond acceptors (Lipinski definition) is 9. The fraction of sp³-hybridized carbons (Fsp3) is 0.586. The van der Waals surface area contributed by atoms with Crippen LogP contribution in [0.5, 0.6) is 6.01 Å². The minimum absolute atomic E-state index is 0.0493. The largest absolute Gasteiger partial charge is 0.461 e. The third-order valence-electron chi connectivity index (χ3n) is 8.98. The van der Waals surface area contributed by atoms with Crippen molar-refractivity contribution in [3.8, 4) is 17.4 Å². The van der Waals surface area contributed by atoms with Crippen molar-refractivity contribution < 1.29 is 31.1 Å². The maximum atomic E-state index is 15.0. The van der Waals surface area contributed by atoms with Gasteiger partial charge in [-0.3, -0.25) is 9.88 Å². The molecule has 0 bridgehead atoms. The van der Waals surface area contributed by atoms with Gasteiger partial charge in [0, 0.05) is 44.8 Å². The van der Waals surface area contributed by atoms with E-state index in [0.717, 1.165) is 25.5 Å². The number of anilines is 2. The summed E-state index contributed by atoms with van der Waals surface area (Å²) < 4.78 is 93.1. The van der Waals surface area contributed by atoms with Crippen molar-refractivity contribution in [3.05, 3.63) is 29.0 Å². The highest BCUT2D eigenvalue weighted by atomic mass is 19.4. The summed E-state index contributed by atoms with van der Waals surface area (Å²) in [6, 6.07) is 0.918. The number of pyridine rings is 2. The Kier molecular flexibility index (Phi) is 7.97. The van der Waals surface area contributed by atoms with Gasteiger partial charge in [-0.05, 0) is 44.4 Å². The molecule has 6 rings (SSSR count). The summed E-state index contributed by atoms with van der Waals surface area (Å²) in [4.78, 5) is 20.9. The average Bonchev–Trinajstić information content (AvgIpc) is 3.49. The highest BCUT2D eigenvalue weighted by molar-refractivity contribution is 5.94. The molecule has 0 aliphatic carbocycles. The molecule has 3 aromatic rings. The molecule has 44 heavy (non-hydrogen) atoms. The number of alkyl halides is 6. The number of rotatable bonds is 7. The van der Waals surface area contributed by atoms with Gasteiger partial charge in [0.1, 0.15) is 35.8 Å². The van der Waals surface area contributed by atoms with Crippen molar-refractivity contribution in [1.82, 2.24) is 30.2 Å². The Hall–Kier alpha value is -3.46. The van der Waals surface area contributed by atoms with E-state index in [1.807, 2.05) is 16.7 Å². The Labute approximate surface area is 250 Å². The van der Waals surface area contributed by atoms with Crippen molar-refractivity contribution in [2.75, 3.05) is 50.0 Å². The van der Waals surface area contributed by atoms with Gasteiger partial charge >= 0.3 is 12.2 Å². The van der Waals surface area contributed by atoms with Crippen LogP contribution in [0, 0.1) is 6.92 Å². The number of nitrogens with zero attached hydrogens (tertiary/aromatic N) is 6. The predicted octanol–water partition coefficient (Wildman–Crippen LogP) is 5.08. The minimum atomic E-state index is -4.92. The smallest absolute Gasteiger partial charge is 0.418 e. The number of ether oxygens (including phenoxy) is 1. The van der Waals surface area contributed by atoms with Crippen LogP contribution >= 0.6 is 0 Å². The standard InChI is InChI=1S/C29H34F6N8O/c1-3-17-13-42(8-6-37-17)26-18-11-38-23(24-21(29(33,34)35)15(2)9-19(36)39-24)20(25(31)32)22(18)40-27(41-26)44-14-28-5-4-7-43(28)12-16(30)10-28/h9,11,16-17,25,37H,3-8,10,12-14H2,1-2H3,(H2,36,39)/t16-,17?,28+/m1/s1. The number of hydrogen-bond donors (Lipinski definition) is 2. The lowest BCUT2D eigenvalue weighted by molar-refractivity contribution is -0.137. The van der Waals surface area contributed by atoms with E-state index in [0.29, 0.717) is 32.6 Å². The molecule has 3 aromatic heterocycles. The summed E-state index contributed by atoms with van der Waals surface area (Å²) in [5.41, 5.74) is 1.16. The molecule has 0 saturated carbocycles. The maximum absolute atomic E-state index is 15.0. The number of nitrogens with two attached hydrogens (primary N) is 1. The highest BCUT2D eigenvalue weighted by Crippen LogP contribution is 2.44. The summed E-state index contributed by atoms with van der Waals surface area (Å²) in [6.45, 7) is 5.87. The van der Waals surface area contributed by atoms with E-state index in [-0.39, 0.29) is 53.2 Å². The molecule has 1 unspecified atom stereocenters. The third kappa shape index (κ3) is 5.48. The molecule has 15 heteroatoms. The van der Waals surface area contributed by atoms with E-state index in [4.69, 9.17) is 10.5 Å². The zero-order valence-corrected chi connectivity index (χ0v) is 24.4. The highest BCUT2D eigenvalue weighted by Gasteiger charge is 2.49. The summed E-state index contributed by atoms with van der Waals surface area (Å²) in [5.74, 6) is 0.0174. The molecule has 3 fully saturated rings. The van der Waals surface area contributed by atoms with E-state index in [2.05, 4.69) is 25.3 Å². The molecule has 0 amide bonds. The number of aryl methyl sites for hydroxylation is 1. The Morgan fingerprint density at radius 1 is 1.16 bits per heavy atom. The quantitative estimate of drug-likeness (QED) is 0.349. The van der Waals surface area contributed by atoms with Gasteiger partial charge in [-0.15, -0.1) is 0 Å². The van der Waals surface area contributed by atoms with Gasteiger partial charge in [0.05, 0.1) is 27.6 Å². The van der Waals surface area contributed by atoms with Crippen LogP contribution in [-0.4, -0.2) is 81.9 Å². The fourth-order valence-corrected chi connectivity index (χ4v) is 6.94. The third-order valence-corrected chi connectivity index (χ3v) is 8.98. The van der Waals surface area contributed by atoms with Crippen molar-refractivity contribution in [2.24, 2.45) is 0 Å². The number of halogens is 6. The van der Waals surface area contributed by atoms with Gasteiger partial charge in [0.15, 0.2) is 0 Å². The normalized spacial score (nSPS) is 24.4. The lowest BCUT2D eigenvalue weighted by Crippen LogP contribution is -2.50. The Morgan fingerprint density at radius 3 is 2.68 bits per heavy atom. The van der Waals surface area contributed by atoms with Crippen LogP contribution in [0.25, 0.3) is 22.3 Å². The van der Waals surface area contributed by atoms with E-state index in [9.17, 15) is 26.3 Å². The van der Waals surface area contributed by atoms with Crippen LogP contribution in [0.2, 0.25) is 0 Å². The molecule has 3 N–H and O–H groups in total. The number of fused-ring (bicyclic) bond motifs is 2. The SMILES string of the molecule is CCC1CN(c2nc(OC[C@@]34CCCN3C[C@H](F)C4)nc3c(C(F)F)c(-c4nc(N)cc(C)c4C(F)(F)F)ncc23)CCN1. The molecule has 0 radical (unpaired) electrons. The van der Waals surface area contributed by atoms with E-state index in [1.165, 1.54) is 13.1 Å². The van der Waals surface area contributed by atoms with E-state index in [1.54, 1.807) is 0 Å². The van der Waals surface area contributed by atoms with E-state index >= 15 is 0 Å². The molecule has 9 nitrogen and oxygen atoms in total. The number of aromatic nitrogens is 4. The van der Waals surface area contributed by atoms with Crippen LogP contribution in [-0.2, 0) is 6.18 Å². The number of nitrogen functional groups attached to an aromatic ring is 1. The van der Waals surface area contributed by atoms with Gasteiger partial charge in [-0.1, -0.05) is 6.92 Å². The summed E-state index contributed by atoms with van der Waals surface area (Å²) in [5, 5.41) is 3.54. The Bertz CT molecular complexity index is 1550. The molecular formula is C29H34F6N8O. The van der Waals surface area contributed by atoms with Crippen molar-refractivity contribution in [3.63, 3.8) is 0 Å². The molecule has 3 aliphatic heterocycles. The van der Waals surface area contributed by atoms with Gasteiger partial charge in [-0.25, -0.2) is 18.2 Å². The molecule has 0 aromatic carbocycles. The average molecular weight is 625 g/mol. The zero-order chi connectivity index (χ0) is 31.4. The van der Waals surface area contributed by atoms with Crippen LogP contribution < -0.4 is 20.7 Å². The second kappa shape index (κ2) is 11.5. The first-order chi connectivity index (χ1) is 20.9. The summed E-state index contributed by atoms with van der Waals surface area (Å²) in [6.07, 6.45) is -5.33. The second-order valence-corrected chi connectivity index (χ2v) is 11.9. The first-order valence-corrected chi connectivity index (χ1v) is 14.7. The molecule has 3 aliphatic rings. The van der Waals surface area contributed by atoms with Crippen molar-refractivity contribution in [1.29, 1.82) is 0 Å². The fourth-order valence-electron chi connectivity index (χ4n) is 6.94. The predicted molar refractivity (Wildman–Crippen MR) is 153 cm³/mol. The second-order valence-electron chi connectivity index (χ2n) is 11.9. The van der Waals surface area contributed by atoms with Crippen molar-refractivity contribution in [2.45, 2.75) is 69.9 Å². The van der Waals surface area contributed by atoms with E-state index < -0.39 is 46.8 Å². The van der Waals surface area contributed by atoms with Gasteiger partial charge in [0.25, 0.3) is 6.43 Å². The monoisotopic (exact) mass is 624 g/mol. The molecule has 238 valence electrons. The lowest BCUT2D eigenvalue weighted by Gasteiger charge is -2.35. The lowest BCUT2D eigenvalue weighted by atomic mass is 9.95. The first-order valence-electron chi connectivity index (χ1n) is 14.7. The van der Waals surface area contributed by atoms with Crippen LogP contribution in [0.3, 0.4) is 0 Å². The molecular weight excluding hydrogens is 590 g/mol. The van der Waals surface area contributed by atoms with Crippen LogP contribution in [0.1, 0.15) is 55.7 Å². The molecule has 3 saturated heterocycles. The van der Waals surface area contributed by atoms with Crippen molar-refractivity contribution >= 4 is 22.5 Å². The maximum Gasteiger partial charge on any atom is 0.418 e. The Balaban J connectivity index is 1.53. The number of piperazine rings is 1. The first kappa shape index (κ1) is 30.6. The minimum Gasteiger partial charge on any atom is -0.461 e. The van der Waals surface area contributed by atoms with Gasteiger partial charge in [-0.2, -0.15) is 23.1 Å². The molecule has 3 atom stereocenters. The molecule has 0 spiro atoms. The van der Waals surface area contributed by atoms with Crippen LogP contribution in [0.4, 0.5) is 38.0 Å². The Morgan fingerprint density at radius 2 is 1.95 bits per heavy atom.